The van der Waals surface area contributed by atoms with E-state index in [-0.39, 0.29) is 0 Å². The minimum atomic E-state index is 0.605. The second-order valence-corrected chi connectivity index (χ2v) is 5.83. The van der Waals surface area contributed by atoms with Crippen molar-refractivity contribution in [1.82, 2.24) is 15.0 Å². The monoisotopic (exact) mass is 292 g/mol. The van der Waals surface area contributed by atoms with E-state index in [2.05, 4.69) is 37.4 Å². The average Bonchev–Trinajstić information content (AvgIpc) is 3.38. The van der Waals surface area contributed by atoms with Crippen molar-refractivity contribution in [3.05, 3.63) is 0 Å². The molecule has 1 unspecified atom stereocenters. The summed E-state index contributed by atoms with van der Waals surface area (Å²) in [6.07, 6.45) is 2.72. The fraction of sp³-hybridized carbons (Fsp3) is 0.786. The second-order valence-electron chi connectivity index (χ2n) is 5.83. The highest BCUT2D eigenvalue weighted by atomic mass is 16.5. The molecule has 0 bridgehead atoms. The van der Waals surface area contributed by atoms with Crippen LogP contribution in [0.3, 0.4) is 0 Å². The number of morpholine rings is 1. The molecule has 1 atom stereocenters. The molecule has 2 N–H and O–H groups in total. The largest absolute Gasteiger partial charge is 0.378 e. The van der Waals surface area contributed by atoms with Crippen LogP contribution in [0.1, 0.15) is 19.8 Å². The smallest absolute Gasteiger partial charge is 0.232 e. The summed E-state index contributed by atoms with van der Waals surface area (Å²) in [4.78, 5) is 15.5. The summed E-state index contributed by atoms with van der Waals surface area (Å²) in [6.45, 7) is 6.30. The lowest BCUT2D eigenvalue weighted by Crippen LogP contribution is -2.37. The first-order valence-electron chi connectivity index (χ1n) is 7.76. The third-order valence-corrected chi connectivity index (χ3v) is 4.15. The van der Waals surface area contributed by atoms with Crippen LogP contribution >= 0.6 is 0 Å². The molecular formula is C14H24N6O. The molecule has 1 saturated carbocycles. The average molecular weight is 292 g/mol. The van der Waals surface area contributed by atoms with Gasteiger partial charge in [0.15, 0.2) is 0 Å². The Labute approximate surface area is 125 Å². The number of rotatable bonds is 6. The molecule has 1 saturated heterocycles. The van der Waals surface area contributed by atoms with Gasteiger partial charge >= 0.3 is 0 Å². The highest BCUT2D eigenvalue weighted by molar-refractivity contribution is 5.43. The third-order valence-electron chi connectivity index (χ3n) is 4.15. The SMILES string of the molecule is CNc1nc(NCC(C)C2CC2)nc(N2CCOCC2)n1. The topological polar surface area (TPSA) is 75.2 Å². The number of anilines is 3. The molecule has 0 aromatic carbocycles. The van der Waals surface area contributed by atoms with Crippen molar-refractivity contribution in [3.63, 3.8) is 0 Å². The molecule has 0 amide bonds. The van der Waals surface area contributed by atoms with Gasteiger partial charge in [-0.3, -0.25) is 0 Å². The van der Waals surface area contributed by atoms with Gasteiger partial charge in [-0.25, -0.2) is 0 Å². The first-order chi connectivity index (χ1) is 10.3. The number of nitrogens with one attached hydrogen (secondary N) is 2. The molecule has 0 spiro atoms. The van der Waals surface area contributed by atoms with E-state index in [9.17, 15) is 0 Å². The fourth-order valence-electron chi connectivity index (χ4n) is 2.54. The molecule has 1 aromatic heterocycles. The predicted molar refractivity (Wildman–Crippen MR) is 82.8 cm³/mol. The molecule has 7 nitrogen and oxygen atoms in total. The van der Waals surface area contributed by atoms with Crippen LogP contribution in [0.25, 0.3) is 0 Å². The Balaban J connectivity index is 1.69. The van der Waals surface area contributed by atoms with Crippen LogP contribution in [-0.4, -0.2) is 54.8 Å². The van der Waals surface area contributed by atoms with E-state index in [1.54, 1.807) is 0 Å². The molecule has 0 radical (unpaired) electrons. The zero-order valence-electron chi connectivity index (χ0n) is 12.8. The number of aromatic nitrogens is 3. The van der Waals surface area contributed by atoms with Crippen LogP contribution in [0, 0.1) is 11.8 Å². The molecule has 116 valence electrons. The first-order valence-corrected chi connectivity index (χ1v) is 7.76. The summed E-state index contributed by atoms with van der Waals surface area (Å²) in [5, 5.41) is 6.37. The van der Waals surface area contributed by atoms with Gasteiger partial charge in [0.1, 0.15) is 0 Å². The summed E-state index contributed by atoms with van der Waals surface area (Å²) < 4.78 is 5.38. The van der Waals surface area contributed by atoms with Crippen molar-refractivity contribution in [2.75, 3.05) is 55.4 Å². The zero-order valence-corrected chi connectivity index (χ0v) is 12.8. The fourth-order valence-corrected chi connectivity index (χ4v) is 2.54. The van der Waals surface area contributed by atoms with Gasteiger partial charge in [0.05, 0.1) is 13.2 Å². The molecule has 2 heterocycles. The van der Waals surface area contributed by atoms with E-state index >= 15 is 0 Å². The van der Waals surface area contributed by atoms with Crippen molar-refractivity contribution >= 4 is 17.8 Å². The van der Waals surface area contributed by atoms with E-state index in [1.807, 2.05) is 7.05 Å². The Bertz CT molecular complexity index is 473. The molecule has 1 aliphatic carbocycles. The maximum absolute atomic E-state index is 5.38. The van der Waals surface area contributed by atoms with Crippen molar-refractivity contribution in [2.24, 2.45) is 11.8 Å². The highest BCUT2D eigenvalue weighted by Crippen LogP contribution is 2.36. The van der Waals surface area contributed by atoms with Crippen LogP contribution in [0.2, 0.25) is 0 Å². The summed E-state index contributed by atoms with van der Waals surface area (Å²) in [5.41, 5.74) is 0. The van der Waals surface area contributed by atoms with Gasteiger partial charge < -0.3 is 20.3 Å². The minimum Gasteiger partial charge on any atom is -0.378 e. The Morgan fingerprint density at radius 2 is 1.90 bits per heavy atom. The van der Waals surface area contributed by atoms with Crippen LogP contribution < -0.4 is 15.5 Å². The Hall–Kier alpha value is -1.63. The molecule has 2 fully saturated rings. The van der Waals surface area contributed by atoms with E-state index in [0.717, 1.165) is 44.7 Å². The lowest BCUT2D eigenvalue weighted by molar-refractivity contribution is 0.122. The van der Waals surface area contributed by atoms with E-state index in [1.165, 1.54) is 12.8 Å². The van der Waals surface area contributed by atoms with Crippen molar-refractivity contribution in [3.8, 4) is 0 Å². The summed E-state index contributed by atoms with van der Waals surface area (Å²) >= 11 is 0. The van der Waals surface area contributed by atoms with Gasteiger partial charge in [-0.15, -0.1) is 0 Å². The quantitative estimate of drug-likeness (QED) is 0.816. The van der Waals surface area contributed by atoms with Gasteiger partial charge in [-0.2, -0.15) is 15.0 Å². The van der Waals surface area contributed by atoms with Crippen LogP contribution in [0.5, 0.6) is 0 Å². The Kier molecular flexibility index (Phi) is 4.38. The molecule has 3 rings (SSSR count). The van der Waals surface area contributed by atoms with Gasteiger partial charge in [0, 0.05) is 26.7 Å². The number of hydrogen-bond acceptors (Lipinski definition) is 7. The van der Waals surface area contributed by atoms with Crippen molar-refractivity contribution in [2.45, 2.75) is 19.8 Å². The number of ether oxygens (including phenoxy) is 1. The third kappa shape index (κ3) is 3.72. The van der Waals surface area contributed by atoms with Gasteiger partial charge in [-0.05, 0) is 24.7 Å². The van der Waals surface area contributed by atoms with Crippen molar-refractivity contribution in [1.29, 1.82) is 0 Å². The molecule has 7 heteroatoms. The maximum Gasteiger partial charge on any atom is 0.232 e. The highest BCUT2D eigenvalue weighted by Gasteiger charge is 2.27. The zero-order chi connectivity index (χ0) is 14.7. The molecular weight excluding hydrogens is 268 g/mol. The Morgan fingerprint density at radius 3 is 2.57 bits per heavy atom. The normalized spacial score (nSPS) is 20.2. The predicted octanol–water partition coefficient (Wildman–Crippen LogP) is 1.21. The van der Waals surface area contributed by atoms with Gasteiger partial charge in [-0.1, -0.05) is 6.92 Å². The number of hydrogen-bond donors (Lipinski definition) is 2. The van der Waals surface area contributed by atoms with Crippen LogP contribution in [0.4, 0.5) is 17.8 Å². The van der Waals surface area contributed by atoms with E-state index < -0.39 is 0 Å². The van der Waals surface area contributed by atoms with Crippen LogP contribution in [0.15, 0.2) is 0 Å². The van der Waals surface area contributed by atoms with Gasteiger partial charge in [0.25, 0.3) is 0 Å². The summed E-state index contributed by atoms with van der Waals surface area (Å²) in [5.74, 6) is 3.53. The van der Waals surface area contributed by atoms with Gasteiger partial charge in [0.2, 0.25) is 17.8 Å². The first kappa shape index (κ1) is 14.3. The lowest BCUT2D eigenvalue weighted by Gasteiger charge is -2.27. The summed E-state index contributed by atoms with van der Waals surface area (Å²) in [7, 11) is 1.83. The molecule has 21 heavy (non-hydrogen) atoms. The van der Waals surface area contributed by atoms with Crippen molar-refractivity contribution < 1.29 is 4.74 Å². The molecule has 1 aromatic rings. The van der Waals surface area contributed by atoms with E-state index in [0.29, 0.717) is 17.8 Å². The summed E-state index contributed by atoms with van der Waals surface area (Å²) in [6, 6.07) is 0. The lowest BCUT2D eigenvalue weighted by atomic mass is 10.1. The Morgan fingerprint density at radius 1 is 1.19 bits per heavy atom. The molecule has 1 aliphatic heterocycles. The minimum absolute atomic E-state index is 0.605. The van der Waals surface area contributed by atoms with E-state index in [4.69, 9.17) is 4.74 Å². The number of nitrogens with zero attached hydrogens (tertiary/aromatic N) is 4. The van der Waals surface area contributed by atoms with Crippen LogP contribution in [-0.2, 0) is 4.74 Å². The second kappa shape index (κ2) is 6.43. The maximum atomic E-state index is 5.38. The standard InChI is InChI=1S/C14H24N6O/c1-10(11-3-4-11)9-16-13-17-12(15-2)18-14(19-13)20-5-7-21-8-6-20/h10-11H,3-9H2,1-2H3,(H2,15,16,17,18,19). The molecule has 2 aliphatic rings.